The Morgan fingerprint density at radius 1 is 1.12 bits per heavy atom. The van der Waals surface area contributed by atoms with Crippen LogP contribution in [0.5, 0.6) is 5.75 Å². The van der Waals surface area contributed by atoms with Gasteiger partial charge in [0.2, 0.25) is 0 Å². The number of nitrogens with zero attached hydrogens (tertiary/aromatic N) is 1. The normalized spacial score (nSPS) is 11.1. The van der Waals surface area contributed by atoms with Gasteiger partial charge in [-0.05, 0) is 62.5 Å². The second-order valence-corrected chi connectivity index (χ2v) is 5.23. The summed E-state index contributed by atoms with van der Waals surface area (Å²) >= 11 is 5.11. The van der Waals surface area contributed by atoms with Crippen molar-refractivity contribution < 1.29 is 13.5 Å². The van der Waals surface area contributed by atoms with Crippen LogP contribution in [0, 0.1) is 11.6 Å². The highest BCUT2D eigenvalue weighted by atomic mass is 32.1. The molecule has 0 fully saturated rings. The number of thiocarbonyl (C=S) groups is 1. The number of nitrogens with one attached hydrogen (secondary N) is 2. The molecule has 0 unspecified atom stereocenters. The summed E-state index contributed by atoms with van der Waals surface area (Å²) < 4.78 is 32.7. The van der Waals surface area contributed by atoms with Gasteiger partial charge in [-0.15, -0.1) is 0 Å². The first-order valence-electron chi connectivity index (χ1n) is 7.29. The molecular formula is C17H17F2N3OS. The van der Waals surface area contributed by atoms with Gasteiger partial charge >= 0.3 is 0 Å². The molecule has 24 heavy (non-hydrogen) atoms. The molecule has 4 nitrogen and oxygen atoms in total. The van der Waals surface area contributed by atoms with Crippen molar-refractivity contribution in [3.63, 3.8) is 0 Å². The molecule has 0 spiro atoms. The fourth-order valence-corrected chi connectivity index (χ4v) is 2.16. The predicted molar refractivity (Wildman–Crippen MR) is 95.5 cm³/mol. The molecule has 0 saturated heterocycles. The Kier molecular flexibility index (Phi) is 6.20. The highest BCUT2D eigenvalue weighted by molar-refractivity contribution is 7.80. The average molecular weight is 349 g/mol. The maximum absolute atomic E-state index is 13.7. The van der Waals surface area contributed by atoms with Gasteiger partial charge in [-0.25, -0.2) is 8.78 Å². The Morgan fingerprint density at radius 2 is 1.75 bits per heavy atom. The summed E-state index contributed by atoms with van der Waals surface area (Å²) in [7, 11) is 0. The summed E-state index contributed by atoms with van der Waals surface area (Å²) in [5.74, 6) is -0.599. The Hall–Kier alpha value is -2.54. The van der Waals surface area contributed by atoms with Gasteiger partial charge in [-0.3, -0.25) is 5.43 Å². The molecule has 0 radical (unpaired) electrons. The van der Waals surface area contributed by atoms with Crippen LogP contribution in [0.2, 0.25) is 0 Å². The maximum Gasteiger partial charge on any atom is 0.191 e. The van der Waals surface area contributed by atoms with E-state index >= 15 is 0 Å². The fourth-order valence-electron chi connectivity index (χ4n) is 1.99. The van der Waals surface area contributed by atoms with Gasteiger partial charge in [0.1, 0.15) is 17.4 Å². The van der Waals surface area contributed by atoms with Crippen molar-refractivity contribution in [2.75, 3.05) is 11.9 Å². The minimum Gasteiger partial charge on any atom is -0.494 e. The number of rotatable bonds is 5. The van der Waals surface area contributed by atoms with Gasteiger partial charge < -0.3 is 10.1 Å². The van der Waals surface area contributed by atoms with Crippen LogP contribution in [-0.4, -0.2) is 17.4 Å². The molecule has 0 bridgehead atoms. The smallest absolute Gasteiger partial charge is 0.191 e. The molecule has 0 aliphatic rings. The zero-order chi connectivity index (χ0) is 17.5. The van der Waals surface area contributed by atoms with Crippen molar-refractivity contribution in [3.8, 4) is 5.75 Å². The lowest BCUT2D eigenvalue weighted by molar-refractivity contribution is 0.340. The molecule has 2 aromatic carbocycles. The molecule has 7 heteroatoms. The van der Waals surface area contributed by atoms with E-state index in [-0.39, 0.29) is 16.4 Å². The van der Waals surface area contributed by atoms with Crippen LogP contribution in [-0.2, 0) is 0 Å². The predicted octanol–water partition coefficient (Wildman–Crippen LogP) is 4.07. The van der Waals surface area contributed by atoms with E-state index in [9.17, 15) is 8.78 Å². The third-order valence-electron chi connectivity index (χ3n) is 3.07. The molecule has 0 aliphatic heterocycles. The monoisotopic (exact) mass is 349 g/mol. The molecule has 0 amide bonds. The Labute approximate surface area is 144 Å². The van der Waals surface area contributed by atoms with Crippen LogP contribution in [0.15, 0.2) is 47.6 Å². The van der Waals surface area contributed by atoms with Gasteiger partial charge in [-0.1, -0.05) is 6.07 Å². The number of hydrogen-bond donors (Lipinski definition) is 2. The molecule has 0 heterocycles. The van der Waals surface area contributed by atoms with E-state index in [2.05, 4.69) is 15.8 Å². The Morgan fingerprint density at radius 3 is 2.33 bits per heavy atom. The molecular weight excluding hydrogens is 332 g/mol. The third kappa shape index (κ3) is 4.73. The molecule has 2 aromatic rings. The van der Waals surface area contributed by atoms with Crippen molar-refractivity contribution in [2.45, 2.75) is 13.8 Å². The van der Waals surface area contributed by atoms with Crippen molar-refractivity contribution in [3.05, 3.63) is 59.7 Å². The zero-order valence-corrected chi connectivity index (χ0v) is 14.1. The van der Waals surface area contributed by atoms with Crippen LogP contribution in [0.3, 0.4) is 0 Å². The number of hydrazone groups is 1. The van der Waals surface area contributed by atoms with Gasteiger partial charge in [0.15, 0.2) is 5.11 Å². The highest BCUT2D eigenvalue weighted by Crippen LogP contribution is 2.16. The summed E-state index contributed by atoms with van der Waals surface area (Å²) in [4.78, 5) is 0. The first kappa shape index (κ1) is 17.8. The number of ether oxygens (including phenoxy) is 1. The number of hydrogen-bond acceptors (Lipinski definition) is 3. The summed E-state index contributed by atoms with van der Waals surface area (Å²) in [5.41, 5.74) is 3.27. The van der Waals surface area contributed by atoms with Crippen molar-refractivity contribution >= 4 is 28.7 Å². The van der Waals surface area contributed by atoms with E-state index < -0.39 is 11.6 Å². The minimum atomic E-state index is -0.677. The van der Waals surface area contributed by atoms with Gasteiger partial charge in [0, 0.05) is 5.69 Å². The van der Waals surface area contributed by atoms with Gasteiger partial charge in [0.25, 0.3) is 0 Å². The van der Waals surface area contributed by atoms with Crippen molar-refractivity contribution in [1.29, 1.82) is 0 Å². The lowest BCUT2D eigenvalue weighted by Crippen LogP contribution is -2.25. The summed E-state index contributed by atoms with van der Waals surface area (Å²) in [6.45, 7) is 3.99. The lowest BCUT2D eigenvalue weighted by Gasteiger charge is -2.10. The second kappa shape index (κ2) is 8.35. The van der Waals surface area contributed by atoms with E-state index in [1.54, 1.807) is 24.3 Å². The van der Waals surface area contributed by atoms with E-state index in [0.717, 1.165) is 11.4 Å². The first-order chi connectivity index (χ1) is 11.5. The summed E-state index contributed by atoms with van der Waals surface area (Å²) in [5, 5.41) is 7.04. The number of benzene rings is 2. The van der Waals surface area contributed by atoms with Crippen LogP contribution in [0.4, 0.5) is 14.5 Å². The fraction of sp³-hybridized carbons (Fsp3) is 0.176. The first-order valence-corrected chi connectivity index (χ1v) is 7.70. The van der Waals surface area contributed by atoms with Crippen molar-refractivity contribution in [2.24, 2.45) is 5.10 Å². The van der Waals surface area contributed by atoms with Crippen LogP contribution in [0.25, 0.3) is 0 Å². The van der Waals surface area contributed by atoms with Crippen LogP contribution < -0.4 is 15.5 Å². The number of halogens is 2. The van der Waals surface area contributed by atoms with E-state index in [1.807, 2.05) is 6.92 Å². The largest absolute Gasteiger partial charge is 0.494 e. The standard InChI is InChI=1S/C17H17F2N3OS/c1-3-23-13-9-7-12(8-10-13)20-17(24)22-21-11(2)16-14(18)5-4-6-15(16)19/h4-10H,3H2,1-2H3,(H2,20,22,24)/b21-11-. The van der Waals surface area contributed by atoms with E-state index in [0.29, 0.717) is 6.61 Å². The zero-order valence-electron chi connectivity index (χ0n) is 13.3. The lowest BCUT2D eigenvalue weighted by atomic mass is 10.1. The molecule has 2 N–H and O–H groups in total. The van der Waals surface area contributed by atoms with Gasteiger partial charge in [-0.2, -0.15) is 5.10 Å². The second-order valence-electron chi connectivity index (χ2n) is 4.82. The highest BCUT2D eigenvalue weighted by Gasteiger charge is 2.11. The molecule has 0 aliphatic carbocycles. The third-order valence-corrected chi connectivity index (χ3v) is 3.27. The van der Waals surface area contributed by atoms with Crippen molar-refractivity contribution in [1.82, 2.24) is 5.43 Å². The molecule has 0 saturated carbocycles. The Balaban J connectivity index is 1.99. The molecule has 0 aromatic heterocycles. The Bertz CT molecular complexity index is 728. The average Bonchev–Trinajstić information content (AvgIpc) is 2.55. The van der Waals surface area contributed by atoms with Crippen LogP contribution >= 0.6 is 12.2 Å². The summed E-state index contributed by atoms with van der Waals surface area (Å²) in [6, 6.07) is 10.8. The molecule has 0 atom stereocenters. The van der Waals surface area contributed by atoms with E-state index in [4.69, 9.17) is 17.0 Å². The molecule has 2 rings (SSSR count). The molecule has 126 valence electrons. The maximum atomic E-state index is 13.7. The number of anilines is 1. The van der Waals surface area contributed by atoms with E-state index in [1.165, 1.54) is 25.1 Å². The van der Waals surface area contributed by atoms with Gasteiger partial charge in [0.05, 0.1) is 17.9 Å². The SMILES string of the molecule is CCOc1ccc(NC(=S)N/N=C(/C)c2c(F)cccc2F)cc1. The topological polar surface area (TPSA) is 45.6 Å². The quantitative estimate of drug-likeness (QED) is 0.485. The summed E-state index contributed by atoms with van der Waals surface area (Å²) in [6.07, 6.45) is 0. The minimum absolute atomic E-state index is 0.154. The van der Waals surface area contributed by atoms with Crippen LogP contribution in [0.1, 0.15) is 19.4 Å².